The minimum Gasteiger partial charge on any atom is -0.459 e. The van der Waals surface area contributed by atoms with Gasteiger partial charge in [0, 0.05) is 4.47 Å². The van der Waals surface area contributed by atoms with Crippen LogP contribution in [0.4, 0.5) is 13.2 Å². The van der Waals surface area contributed by atoms with Crippen LogP contribution in [0.5, 0.6) is 0 Å². The Morgan fingerprint density at radius 3 is 2.15 bits per heavy atom. The van der Waals surface area contributed by atoms with Crippen LogP contribution in [0, 0.1) is 20.8 Å². The third-order valence-corrected chi connectivity index (χ3v) is 5.85. The van der Waals surface area contributed by atoms with E-state index < -0.39 is 29.6 Å². The number of aryl methyl sites for hydroxylation is 2. The van der Waals surface area contributed by atoms with E-state index in [0.29, 0.717) is 10.0 Å². The lowest BCUT2D eigenvalue weighted by Gasteiger charge is -2.20. The molecule has 0 fully saturated rings. The van der Waals surface area contributed by atoms with E-state index in [2.05, 4.69) is 21.2 Å². The van der Waals surface area contributed by atoms with Gasteiger partial charge in [-0.3, -0.25) is 9.59 Å². The van der Waals surface area contributed by atoms with Crippen molar-refractivity contribution in [2.45, 2.75) is 59.2 Å². The second kappa shape index (κ2) is 10.8. The molecule has 2 aromatic rings. The Balaban J connectivity index is 2.20. The Kier molecular flexibility index (Phi) is 8.75. The number of ether oxygens (including phenoxy) is 1. The monoisotopic (exact) mass is 539 g/mol. The average Bonchev–Trinajstić information content (AvgIpc) is 2.68. The number of rotatable bonds is 6. The van der Waals surface area contributed by atoms with E-state index in [9.17, 15) is 22.8 Å². The molecule has 0 saturated heterocycles. The lowest BCUT2D eigenvalue weighted by atomic mass is 9.91. The van der Waals surface area contributed by atoms with Gasteiger partial charge in [-0.1, -0.05) is 30.4 Å². The molecular formula is C26H29BrF3NO3. The molecule has 0 aliphatic heterocycles. The van der Waals surface area contributed by atoms with Crippen LogP contribution in [0.3, 0.4) is 0 Å². The number of halogens is 4. The topological polar surface area (TPSA) is 55.4 Å². The number of benzene rings is 2. The molecule has 0 aliphatic carbocycles. The molecule has 4 nitrogen and oxygen atoms in total. The van der Waals surface area contributed by atoms with Gasteiger partial charge in [-0.2, -0.15) is 13.2 Å². The normalized spacial score (nSPS) is 13.1. The fourth-order valence-electron chi connectivity index (χ4n) is 3.31. The van der Waals surface area contributed by atoms with E-state index >= 15 is 0 Å². The predicted molar refractivity (Wildman–Crippen MR) is 131 cm³/mol. The maximum absolute atomic E-state index is 13.8. The average molecular weight is 540 g/mol. The van der Waals surface area contributed by atoms with Gasteiger partial charge in [0.05, 0.1) is 11.5 Å². The second-order valence-corrected chi connectivity index (χ2v) is 10.0. The summed E-state index contributed by atoms with van der Waals surface area (Å²) in [4.78, 5) is 24.2. The molecule has 2 aromatic carbocycles. The number of carbonyl (C=O) groups excluding carboxylic acids is 2. The van der Waals surface area contributed by atoms with Gasteiger partial charge in [0.25, 0.3) is 5.91 Å². The molecule has 0 saturated carbocycles. The Labute approximate surface area is 206 Å². The summed E-state index contributed by atoms with van der Waals surface area (Å²) in [5.41, 5.74) is 2.84. The molecule has 0 aliphatic rings. The Bertz CT molecular complexity index is 1080. The largest absolute Gasteiger partial charge is 0.459 e. The smallest absolute Gasteiger partial charge is 0.399 e. The Morgan fingerprint density at radius 1 is 1.06 bits per heavy atom. The van der Waals surface area contributed by atoms with Crippen molar-refractivity contribution in [3.05, 3.63) is 74.3 Å². The van der Waals surface area contributed by atoms with Crippen molar-refractivity contribution >= 4 is 33.9 Å². The molecule has 1 amide bonds. The van der Waals surface area contributed by atoms with Crippen LogP contribution < -0.4 is 5.32 Å². The summed E-state index contributed by atoms with van der Waals surface area (Å²) in [6, 6.07) is 7.72. The minimum absolute atomic E-state index is 0.182. The number of carbonyl (C=O) groups is 2. The highest BCUT2D eigenvalue weighted by Crippen LogP contribution is 2.38. The van der Waals surface area contributed by atoms with Gasteiger partial charge in [-0.25, -0.2) is 0 Å². The number of nitrogens with one attached hydrogen (secondary N) is 1. The number of alkyl halides is 3. The Morgan fingerprint density at radius 2 is 1.65 bits per heavy atom. The highest BCUT2D eigenvalue weighted by molar-refractivity contribution is 9.10. The van der Waals surface area contributed by atoms with Gasteiger partial charge >= 0.3 is 12.1 Å². The SMILES string of the molecule is Cc1cc(C(/C=C/c2ccc(C(=O)NCC(=O)OC(C)(C)C)c(Br)c2)C(F)(F)F)cc(C)c1C. The van der Waals surface area contributed by atoms with Gasteiger partial charge in [0.15, 0.2) is 0 Å². The van der Waals surface area contributed by atoms with Crippen LogP contribution in [0.2, 0.25) is 0 Å². The summed E-state index contributed by atoms with van der Waals surface area (Å²) >= 11 is 3.29. The molecule has 8 heteroatoms. The fraction of sp³-hybridized carbons (Fsp3) is 0.385. The second-order valence-electron chi connectivity index (χ2n) is 9.17. The minimum atomic E-state index is -4.45. The van der Waals surface area contributed by atoms with Gasteiger partial charge in [-0.05, 0) is 97.4 Å². The first-order valence-electron chi connectivity index (χ1n) is 10.7. The van der Waals surface area contributed by atoms with E-state index in [1.54, 1.807) is 58.9 Å². The highest BCUT2D eigenvalue weighted by atomic mass is 79.9. The quantitative estimate of drug-likeness (QED) is 0.410. The molecule has 34 heavy (non-hydrogen) atoms. The lowest BCUT2D eigenvalue weighted by molar-refractivity contribution is -0.153. The third kappa shape index (κ3) is 7.72. The van der Waals surface area contributed by atoms with Crippen molar-refractivity contribution in [2.24, 2.45) is 0 Å². The van der Waals surface area contributed by atoms with Crippen LogP contribution in [0.15, 0.2) is 40.9 Å². The summed E-state index contributed by atoms with van der Waals surface area (Å²) in [5, 5.41) is 2.48. The molecule has 2 rings (SSSR count). The zero-order valence-electron chi connectivity index (χ0n) is 20.1. The van der Waals surface area contributed by atoms with Crippen molar-refractivity contribution in [2.75, 3.05) is 6.54 Å². The van der Waals surface area contributed by atoms with Crippen molar-refractivity contribution in [3.63, 3.8) is 0 Å². The third-order valence-electron chi connectivity index (χ3n) is 5.19. The van der Waals surface area contributed by atoms with E-state index in [-0.39, 0.29) is 17.7 Å². The molecule has 0 spiro atoms. The zero-order valence-corrected chi connectivity index (χ0v) is 21.6. The van der Waals surface area contributed by atoms with E-state index in [1.165, 1.54) is 12.1 Å². The van der Waals surface area contributed by atoms with Crippen molar-refractivity contribution in [1.29, 1.82) is 0 Å². The van der Waals surface area contributed by atoms with Crippen LogP contribution in [0.25, 0.3) is 6.08 Å². The first kappa shape index (κ1) is 27.6. The fourth-order valence-corrected chi connectivity index (χ4v) is 3.89. The zero-order chi connectivity index (χ0) is 25.8. The lowest BCUT2D eigenvalue weighted by Crippen LogP contribution is -2.34. The van der Waals surface area contributed by atoms with Crippen LogP contribution in [-0.4, -0.2) is 30.2 Å². The number of hydrogen-bond donors (Lipinski definition) is 1. The molecule has 0 bridgehead atoms. The maximum Gasteiger partial charge on any atom is 0.399 e. The standard InChI is InChI=1S/C26H29BrF3NO3/c1-15-11-19(12-16(2)17(15)3)21(26(28,29)30)10-8-18-7-9-20(22(27)13-18)24(33)31-14-23(32)34-25(4,5)6/h7-13,21H,14H2,1-6H3,(H,31,33)/b10-8+. The van der Waals surface area contributed by atoms with Gasteiger partial charge in [-0.15, -0.1) is 0 Å². The summed E-state index contributed by atoms with van der Waals surface area (Å²) in [6.07, 6.45) is -1.95. The van der Waals surface area contributed by atoms with Crippen molar-refractivity contribution < 1.29 is 27.5 Å². The molecule has 1 N–H and O–H groups in total. The van der Waals surface area contributed by atoms with Crippen LogP contribution >= 0.6 is 15.9 Å². The molecule has 184 valence electrons. The maximum atomic E-state index is 13.8. The number of allylic oxidation sites excluding steroid dienone is 1. The molecule has 0 heterocycles. The molecule has 1 unspecified atom stereocenters. The molecule has 1 atom stereocenters. The predicted octanol–water partition coefficient (Wildman–Crippen LogP) is 6.81. The highest BCUT2D eigenvalue weighted by Gasteiger charge is 2.39. The number of esters is 1. The van der Waals surface area contributed by atoms with Crippen LogP contribution in [-0.2, 0) is 9.53 Å². The van der Waals surface area contributed by atoms with E-state index in [4.69, 9.17) is 4.74 Å². The number of hydrogen-bond acceptors (Lipinski definition) is 3. The summed E-state index contributed by atoms with van der Waals surface area (Å²) in [5.74, 6) is -2.84. The number of amides is 1. The van der Waals surface area contributed by atoms with E-state index in [1.807, 2.05) is 6.92 Å². The molecule has 0 radical (unpaired) electrons. The van der Waals surface area contributed by atoms with Crippen molar-refractivity contribution in [1.82, 2.24) is 5.32 Å². The first-order chi connectivity index (χ1) is 15.6. The van der Waals surface area contributed by atoms with Gasteiger partial charge < -0.3 is 10.1 Å². The van der Waals surface area contributed by atoms with Crippen LogP contribution in [0.1, 0.15) is 64.9 Å². The summed E-state index contributed by atoms with van der Waals surface area (Å²) < 4.78 is 47.0. The van der Waals surface area contributed by atoms with Gasteiger partial charge in [0.2, 0.25) is 0 Å². The van der Waals surface area contributed by atoms with E-state index in [0.717, 1.165) is 22.8 Å². The first-order valence-corrected chi connectivity index (χ1v) is 11.5. The Hall–Kier alpha value is -2.61. The molecular weight excluding hydrogens is 511 g/mol. The summed E-state index contributed by atoms with van der Waals surface area (Å²) in [7, 11) is 0. The van der Waals surface area contributed by atoms with Gasteiger partial charge in [0.1, 0.15) is 12.1 Å². The van der Waals surface area contributed by atoms with Crippen molar-refractivity contribution in [3.8, 4) is 0 Å². The molecule has 0 aromatic heterocycles. The summed E-state index contributed by atoms with van der Waals surface area (Å²) in [6.45, 7) is 10.3.